The molecular weight excluding hydrogens is 176 g/mol. The largest absolute Gasteiger partial charge is 0.399 e. The van der Waals surface area contributed by atoms with Crippen molar-refractivity contribution >= 4 is 11.4 Å². The number of nitrogens with one attached hydrogen (secondary N) is 1. The van der Waals surface area contributed by atoms with Crippen LogP contribution in [-0.2, 0) is 4.74 Å². The number of nitrogen functional groups attached to an aromatic ring is 1. The van der Waals surface area contributed by atoms with E-state index in [-0.39, 0.29) is 0 Å². The molecular formula is C11H16N2O. The van der Waals surface area contributed by atoms with Gasteiger partial charge in [-0.25, -0.2) is 0 Å². The zero-order valence-corrected chi connectivity index (χ0v) is 8.20. The molecule has 0 saturated carbocycles. The van der Waals surface area contributed by atoms with Crippen LogP contribution in [0.15, 0.2) is 24.3 Å². The molecule has 0 aromatic heterocycles. The van der Waals surface area contributed by atoms with Crippen molar-refractivity contribution < 1.29 is 4.74 Å². The number of nitrogens with two attached hydrogens (primary N) is 1. The Labute approximate surface area is 84.3 Å². The Morgan fingerprint density at radius 3 is 3.14 bits per heavy atom. The minimum absolute atomic E-state index is 0.649. The van der Waals surface area contributed by atoms with E-state index in [9.17, 15) is 0 Å². The third-order valence-corrected chi connectivity index (χ3v) is 2.51. The summed E-state index contributed by atoms with van der Waals surface area (Å²) in [7, 11) is 0. The second-order valence-corrected chi connectivity index (χ2v) is 3.74. The van der Waals surface area contributed by atoms with Crippen LogP contribution in [0.2, 0.25) is 0 Å². The van der Waals surface area contributed by atoms with E-state index < -0.39 is 0 Å². The monoisotopic (exact) mass is 192 g/mol. The maximum absolute atomic E-state index is 5.68. The molecule has 1 fully saturated rings. The summed E-state index contributed by atoms with van der Waals surface area (Å²) >= 11 is 0. The number of hydrogen-bond acceptors (Lipinski definition) is 3. The standard InChI is InChI=1S/C11H16N2O/c12-10-2-1-3-11(6-10)13-7-9-4-5-14-8-9/h1-3,6,9,13H,4-5,7-8,12H2. The van der Waals surface area contributed by atoms with Gasteiger partial charge in [0.05, 0.1) is 6.61 Å². The lowest BCUT2D eigenvalue weighted by atomic mass is 10.1. The Morgan fingerprint density at radius 1 is 1.50 bits per heavy atom. The van der Waals surface area contributed by atoms with Crippen LogP contribution in [0.1, 0.15) is 6.42 Å². The number of anilines is 2. The normalized spacial score (nSPS) is 21.0. The van der Waals surface area contributed by atoms with Crippen LogP contribution >= 0.6 is 0 Å². The summed E-state index contributed by atoms with van der Waals surface area (Å²) in [6, 6.07) is 7.84. The van der Waals surface area contributed by atoms with Gasteiger partial charge in [-0.15, -0.1) is 0 Å². The van der Waals surface area contributed by atoms with Crippen molar-refractivity contribution in [3.63, 3.8) is 0 Å². The summed E-state index contributed by atoms with van der Waals surface area (Å²) in [5.41, 5.74) is 7.58. The van der Waals surface area contributed by atoms with Crippen molar-refractivity contribution in [1.29, 1.82) is 0 Å². The van der Waals surface area contributed by atoms with E-state index in [4.69, 9.17) is 10.5 Å². The predicted molar refractivity (Wildman–Crippen MR) is 58.3 cm³/mol. The minimum atomic E-state index is 0.649. The van der Waals surface area contributed by atoms with Crippen LogP contribution in [0.25, 0.3) is 0 Å². The van der Waals surface area contributed by atoms with Crippen LogP contribution in [0.4, 0.5) is 11.4 Å². The molecule has 1 aliphatic heterocycles. The summed E-state index contributed by atoms with van der Waals surface area (Å²) in [4.78, 5) is 0. The van der Waals surface area contributed by atoms with Crippen LogP contribution < -0.4 is 11.1 Å². The second-order valence-electron chi connectivity index (χ2n) is 3.74. The van der Waals surface area contributed by atoms with Crippen molar-refractivity contribution in [2.24, 2.45) is 5.92 Å². The van der Waals surface area contributed by atoms with Gasteiger partial charge in [-0.1, -0.05) is 6.07 Å². The molecule has 14 heavy (non-hydrogen) atoms. The minimum Gasteiger partial charge on any atom is -0.399 e. The average molecular weight is 192 g/mol. The zero-order valence-electron chi connectivity index (χ0n) is 8.20. The fourth-order valence-corrected chi connectivity index (χ4v) is 1.66. The van der Waals surface area contributed by atoms with E-state index in [2.05, 4.69) is 5.32 Å². The second kappa shape index (κ2) is 4.33. The van der Waals surface area contributed by atoms with Gasteiger partial charge in [-0.2, -0.15) is 0 Å². The van der Waals surface area contributed by atoms with Crippen LogP contribution in [0, 0.1) is 5.92 Å². The number of ether oxygens (including phenoxy) is 1. The Balaban J connectivity index is 1.85. The van der Waals surface area contributed by atoms with Crippen molar-refractivity contribution in [3.05, 3.63) is 24.3 Å². The van der Waals surface area contributed by atoms with Gasteiger partial charge in [0.25, 0.3) is 0 Å². The molecule has 1 aromatic rings. The smallest absolute Gasteiger partial charge is 0.0511 e. The first-order chi connectivity index (χ1) is 6.84. The Morgan fingerprint density at radius 2 is 2.43 bits per heavy atom. The summed E-state index contributed by atoms with van der Waals surface area (Å²) in [6.45, 7) is 2.77. The maximum Gasteiger partial charge on any atom is 0.0511 e. The van der Waals surface area contributed by atoms with Crippen LogP contribution in [0.5, 0.6) is 0 Å². The van der Waals surface area contributed by atoms with Gasteiger partial charge < -0.3 is 15.8 Å². The lowest BCUT2D eigenvalue weighted by Crippen LogP contribution is -2.13. The Hall–Kier alpha value is -1.22. The topological polar surface area (TPSA) is 47.3 Å². The van der Waals surface area contributed by atoms with Crippen molar-refractivity contribution in [3.8, 4) is 0 Å². The fourth-order valence-electron chi connectivity index (χ4n) is 1.66. The molecule has 1 aliphatic rings. The predicted octanol–water partition coefficient (Wildman–Crippen LogP) is 1.72. The SMILES string of the molecule is Nc1cccc(NCC2CCOC2)c1. The first kappa shape index (κ1) is 9.34. The highest BCUT2D eigenvalue weighted by Crippen LogP contribution is 2.15. The van der Waals surface area contributed by atoms with E-state index in [0.29, 0.717) is 5.92 Å². The van der Waals surface area contributed by atoms with Crippen molar-refractivity contribution in [2.75, 3.05) is 30.8 Å². The number of benzene rings is 1. The Bertz CT molecular complexity index is 295. The van der Waals surface area contributed by atoms with Crippen LogP contribution in [0.3, 0.4) is 0 Å². The molecule has 3 heteroatoms. The lowest BCUT2D eigenvalue weighted by Gasteiger charge is -2.10. The third-order valence-electron chi connectivity index (χ3n) is 2.51. The summed E-state index contributed by atoms with van der Waals surface area (Å²) in [5.74, 6) is 0.649. The average Bonchev–Trinajstić information content (AvgIpc) is 2.67. The number of rotatable bonds is 3. The molecule has 0 aliphatic carbocycles. The van der Waals surface area contributed by atoms with E-state index in [1.165, 1.54) is 0 Å². The van der Waals surface area contributed by atoms with Gasteiger partial charge in [0.2, 0.25) is 0 Å². The molecule has 0 amide bonds. The van der Waals surface area contributed by atoms with E-state index in [1.54, 1.807) is 0 Å². The Kier molecular flexibility index (Phi) is 2.89. The highest BCUT2D eigenvalue weighted by Gasteiger charge is 2.14. The highest BCUT2D eigenvalue weighted by molar-refractivity contribution is 5.54. The highest BCUT2D eigenvalue weighted by atomic mass is 16.5. The van der Waals surface area contributed by atoms with Gasteiger partial charge in [0.15, 0.2) is 0 Å². The number of hydrogen-bond donors (Lipinski definition) is 2. The van der Waals surface area contributed by atoms with Crippen LogP contribution in [-0.4, -0.2) is 19.8 Å². The van der Waals surface area contributed by atoms with Gasteiger partial charge >= 0.3 is 0 Å². The molecule has 0 bridgehead atoms. The van der Waals surface area contributed by atoms with E-state index >= 15 is 0 Å². The molecule has 1 aromatic carbocycles. The first-order valence-electron chi connectivity index (χ1n) is 5.02. The molecule has 1 heterocycles. The fraction of sp³-hybridized carbons (Fsp3) is 0.455. The lowest BCUT2D eigenvalue weighted by molar-refractivity contribution is 0.187. The molecule has 1 atom stereocenters. The summed E-state index contributed by atoms with van der Waals surface area (Å²) < 4.78 is 5.30. The van der Waals surface area contributed by atoms with Gasteiger partial charge in [0.1, 0.15) is 0 Å². The van der Waals surface area contributed by atoms with Gasteiger partial charge in [0, 0.05) is 30.4 Å². The third kappa shape index (κ3) is 2.39. The molecule has 1 unspecified atom stereocenters. The maximum atomic E-state index is 5.68. The molecule has 2 rings (SSSR count). The molecule has 3 N–H and O–H groups in total. The summed E-state index contributed by atoms with van der Waals surface area (Å²) in [6.07, 6.45) is 1.16. The molecule has 76 valence electrons. The summed E-state index contributed by atoms with van der Waals surface area (Å²) in [5, 5.41) is 3.37. The molecule has 1 saturated heterocycles. The zero-order chi connectivity index (χ0) is 9.80. The quantitative estimate of drug-likeness (QED) is 0.717. The van der Waals surface area contributed by atoms with E-state index in [0.717, 1.165) is 37.6 Å². The van der Waals surface area contributed by atoms with Crippen molar-refractivity contribution in [2.45, 2.75) is 6.42 Å². The van der Waals surface area contributed by atoms with Gasteiger partial charge in [-0.05, 0) is 24.6 Å². The molecule has 0 spiro atoms. The van der Waals surface area contributed by atoms with Crippen molar-refractivity contribution in [1.82, 2.24) is 0 Å². The molecule has 3 nitrogen and oxygen atoms in total. The molecule has 0 radical (unpaired) electrons. The van der Waals surface area contributed by atoms with Gasteiger partial charge in [-0.3, -0.25) is 0 Å². The first-order valence-corrected chi connectivity index (χ1v) is 5.02. The van der Waals surface area contributed by atoms with E-state index in [1.807, 2.05) is 24.3 Å².